The van der Waals surface area contributed by atoms with E-state index in [0.717, 1.165) is 22.4 Å². The molecule has 0 spiro atoms. The van der Waals surface area contributed by atoms with E-state index in [4.69, 9.17) is 9.47 Å². The summed E-state index contributed by atoms with van der Waals surface area (Å²) in [6.45, 7) is 2.05. The maximum atomic E-state index is 14.0. The molecule has 3 aromatic carbocycles. The van der Waals surface area contributed by atoms with Gasteiger partial charge in [0, 0.05) is 0 Å². The van der Waals surface area contributed by atoms with Crippen molar-refractivity contribution in [1.29, 1.82) is 0 Å². The maximum Gasteiger partial charge on any atom is 0.264 e. The van der Waals surface area contributed by atoms with Gasteiger partial charge in [-0.3, -0.25) is 9.69 Å². The Hall–Kier alpha value is -4.13. The van der Waals surface area contributed by atoms with Crippen molar-refractivity contribution in [3.05, 3.63) is 101 Å². The average molecular weight is 455 g/mol. The number of methoxy groups -OCH3 is 2. The zero-order chi connectivity index (χ0) is 23.7. The van der Waals surface area contributed by atoms with E-state index in [9.17, 15) is 4.79 Å². The fourth-order valence-corrected chi connectivity index (χ4v) is 4.55. The van der Waals surface area contributed by atoms with Crippen molar-refractivity contribution in [2.45, 2.75) is 25.4 Å². The normalized spacial score (nSPS) is 17.2. The van der Waals surface area contributed by atoms with E-state index in [1.807, 2.05) is 41.1 Å². The van der Waals surface area contributed by atoms with Crippen molar-refractivity contribution in [3.8, 4) is 11.5 Å². The number of carbonyl (C=O) groups excluding carboxylic acids is 1. The van der Waals surface area contributed by atoms with Crippen LogP contribution in [0.2, 0.25) is 0 Å². The Labute approximate surface area is 198 Å². The summed E-state index contributed by atoms with van der Waals surface area (Å²) in [5.74, 6) is 1.65. The van der Waals surface area contributed by atoms with Gasteiger partial charge in [0.15, 0.2) is 0 Å². The van der Waals surface area contributed by atoms with Crippen molar-refractivity contribution in [2.24, 2.45) is 0 Å². The number of aromatic nitrogens is 3. The summed E-state index contributed by atoms with van der Waals surface area (Å²) in [5, 5.41) is 4.52. The molecule has 0 aliphatic carbocycles. The predicted molar refractivity (Wildman–Crippen MR) is 129 cm³/mol. The van der Waals surface area contributed by atoms with Crippen LogP contribution in [0.1, 0.15) is 45.6 Å². The summed E-state index contributed by atoms with van der Waals surface area (Å²) >= 11 is 0. The molecule has 7 nitrogen and oxygen atoms in total. The monoisotopic (exact) mass is 454 g/mol. The molecule has 1 aliphatic rings. The molecule has 2 heterocycles. The van der Waals surface area contributed by atoms with Crippen LogP contribution in [0.15, 0.2) is 79.1 Å². The van der Waals surface area contributed by atoms with Crippen LogP contribution in [0, 0.1) is 6.92 Å². The van der Waals surface area contributed by atoms with Crippen LogP contribution < -0.4 is 14.4 Å². The van der Waals surface area contributed by atoms with E-state index >= 15 is 0 Å². The van der Waals surface area contributed by atoms with Gasteiger partial charge in [-0.05, 0) is 48.7 Å². The largest absolute Gasteiger partial charge is 0.497 e. The molecule has 34 heavy (non-hydrogen) atoms. The highest BCUT2D eigenvalue weighted by Crippen LogP contribution is 2.43. The fourth-order valence-electron chi connectivity index (χ4n) is 4.55. The minimum atomic E-state index is -0.234. The molecular formula is C27H26N4O3. The molecule has 1 aliphatic heterocycles. The number of rotatable bonds is 5. The lowest BCUT2D eigenvalue weighted by atomic mass is 9.91. The van der Waals surface area contributed by atoms with Gasteiger partial charge in [-0.2, -0.15) is 10.1 Å². The quantitative estimate of drug-likeness (QED) is 0.425. The van der Waals surface area contributed by atoms with E-state index in [1.54, 1.807) is 31.3 Å². The zero-order valence-electron chi connectivity index (χ0n) is 19.4. The third-order valence-electron chi connectivity index (χ3n) is 6.34. The van der Waals surface area contributed by atoms with Crippen LogP contribution in [0.4, 0.5) is 5.95 Å². The standard InChI is InChI=1S/C27H26N4O3/c1-18-8-10-19(11-9-18)23-16-24(20-12-14-21(33-2)15-13-20)31-27(28-17-29-31)30(23)26(32)22-6-4-5-7-25(22)34-3/h4-15,17,23-24H,16H2,1-3H3/t23-,24+/m1/s1. The number of aryl methyl sites for hydroxylation is 1. The number of fused-ring (bicyclic) bond motifs is 1. The van der Waals surface area contributed by atoms with Gasteiger partial charge in [0.05, 0.1) is 31.9 Å². The number of carbonyl (C=O) groups is 1. The highest BCUT2D eigenvalue weighted by Gasteiger charge is 2.40. The maximum absolute atomic E-state index is 14.0. The Morgan fingerprint density at radius 2 is 1.56 bits per heavy atom. The van der Waals surface area contributed by atoms with Crippen molar-refractivity contribution in [2.75, 3.05) is 19.1 Å². The Balaban J connectivity index is 1.64. The first-order chi connectivity index (χ1) is 16.6. The highest BCUT2D eigenvalue weighted by molar-refractivity contribution is 6.07. The first kappa shape index (κ1) is 21.7. The molecule has 0 fully saturated rings. The van der Waals surface area contributed by atoms with Crippen molar-refractivity contribution in [3.63, 3.8) is 0 Å². The summed E-state index contributed by atoms with van der Waals surface area (Å²) < 4.78 is 12.7. The molecule has 0 saturated heterocycles. The Morgan fingerprint density at radius 1 is 0.882 bits per heavy atom. The molecule has 0 bridgehead atoms. The number of anilines is 1. The lowest BCUT2D eigenvalue weighted by Gasteiger charge is -2.39. The molecule has 4 aromatic rings. The minimum Gasteiger partial charge on any atom is -0.497 e. The SMILES string of the molecule is COc1ccc([C@@H]2C[C@H](c3ccc(C)cc3)N(C(=O)c3ccccc3OC)c3ncnn32)cc1. The third kappa shape index (κ3) is 3.79. The topological polar surface area (TPSA) is 69.5 Å². The van der Waals surface area contributed by atoms with E-state index in [1.165, 1.54) is 6.33 Å². The average Bonchev–Trinajstić information content (AvgIpc) is 3.38. The zero-order valence-corrected chi connectivity index (χ0v) is 19.4. The van der Waals surface area contributed by atoms with E-state index in [-0.39, 0.29) is 18.0 Å². The summed E-state index contributed by atoms with van der Waals surface area (Å²) in [6.07, 6.45) is 2.15. The van der Waals surface area contributed by atoms with Gasteiger partial charge in [0.25, 0.3) is 5.91 Å². The molecule has 1 amide bonds. The number of hydrogen-bond acceptors (Lipinski definition) is 5. The number of amides is 1. The van der Waals surface area contributed by atoms with E-state index < -0.39 is 0 Å². The lowest BCUT2D eigenvalue weighted by molar-refractivity contribution is 0.0960. The summed E-state index contributed by atoms with van der Waals surface area (Å²) in [7, 11) is 3.22. The van der Waals surface area contributed by atoms with Gasteiger partial charge in [0.2, 0.25) is 5.95 Å². The Morgan fingerprint density at radius 3 is 2.26 bits per heavy atom. The molecule has 1 aromatic heterocycles. The van der Waals surface area contributed by atoms with Crippen molar-refractivity contribution >= 4 is 11.9 Å². The van der Waals surface area contributed by atoms with Crippen molar-refractivity contribution in [1.82, 2.24) is 14.8 Å². The van der Waals surface area contributed by atoms with Crippen LogP contribution in [0.5, 0.6) is 11.5 Å². The van der Waals surface area contributed by atoms with E-state index in [2.05, 4.69) is 41.3 Å². The molecule has 0 N–H and O–H groups in total. The molecule has 7 heteroatoms. The fraction of sp³-hybridized carbons (Fsp3) is 0.222. The Kier molecular flexibility index (Phi) is 5.76. The third-order valence-corrected chi connectivity index (χ3v) is 6.34. The number of nitrogens with zero attached hydrogens (tertiary/aromatic N) is 4. The smallest absolute Gasteiger partial charge is 0.264 e. The number of hydrogen-bond donors (Lipinski definition) is 0. The lowest BCUT2D eigenvalue weighted by Crippen LogP contribution is -2.42. The molecule has 0 unspecified atom stereocenters. The second-order valence-corrected chi connectivity index (χ2v) is 8.33. The predicted octanol–water partition coefficient (Wildman–Crippen LogP) is 4.98. The van der Waals surface area contributed by atoms with Gasteiger partial charge in [-0.25, -0.2) is 4.68 Å². The van der Waals surface area contributed by atoms with Gasteiger partial charge < -0.3 is 9.47 Å². The van der Waals surface area contributed by atoms with Crippen LogP contribution in [0.25, 0.3) is 0 Å². The van der Waals surface area contributed by atoms with Gasteiger partial charge in [-0.1, -0.05) is 54.1 Å². The van der Waals surface area contributed by atoms with Gasteiger partial charge in [-0.15, -0.1) is 0 Å². The number of ether oxygens (including phenoxy) is 2. The molecule has 5 rings (SSSR count). The molecular weight excluding hydrogens is 428 g/mol. The number of benzene rings is 3. The first-order valence-electron chi connectivity index (χ1n) is 11.2. The number of para-hydroxylation sites is 1. The summed E-state index contributed by atoms with van der Waals surface area (Å²) in [5.41, 5.74) is 3.77. The van der Waals surface area contributed by atoms with Crippen LogP contribution >= 0.6 is 0 Å². The summed E-state index contributed by atoms with van der Waals surface area (Å²) in [6, 6.07) is 23.2. The molecule has 172 valence electrons. The molecule has 0 saturated carbocycles. The Bertz CT molecular complexity index is 1300. The van der Waals surface area contributed by atoms with Crippen LogP contribution in [-0.4, -0.2) is 34.9 Å². The van der Waals surface area contributed by atoms with E-state index in [0.29, 0.717) is 23.7 Å². The minimum absolute atomic E-state index is 0.0866. The van der Waals surface area contributed by atoms with Crippen LogP contribution in [0.3, 0.4) is 0 Å². The summed E-state index contributed by atoms with van der Waals surface area (Å²) in [4.78, 5) is 20.2. The van der Waals surface area contributed by atoms with Gasteiger partial charge >= 0.3 is 0 Å². The molecule has 2 atom stereocenters. The molecule has 0 radical (unpaired) electrons. The highest BCUT2D eigenvalue weighted by atomic mass is 16.5. The second-order valence-electron chi connectivity index (χ2n) is 8.33. The van der Waals surface area contributed by atoms with Crippen LogP contribution in [-0.2, 0) is 0 Å². The van der Waals surface area contributed by atoms with Crippen molar-refractivity contribution < 1.29 is 14.3 Å². The second kappa shape index (κ2) is 9.02. The first-order valence-corrected chi connectivity index (χ1v) is 11.2. The van der Waals surface area contributed by atoms with Gasteiger partial charge in [0.1, 0.15) is 17.8 Å².